The number of ether oxygens (including phenoxy) is 1. The van der Waals surface area contributed by atoms with E-state index in [1.807, 2.05) is 7.05 Å². The van der Waals surface area contributed by atoms with Crippen LogP contribution in [0.4, 0.5) is 0 Å². The summed E-state index contributed by atoms with van der Waals surface area (Å²) in [5, 5.41) is 3.73. The van der Waals surface area contributed by atoms with Gasteiger partial charge in [0.2, 0.25) is 0 Å². The zero-order chi connectivity index (χ0) is 22.2. The topological polar surface area (TPSA) is 43.3 Å². The van der Waals surface area contributed by atoms with Crippen LogP contribution in [-0.2, 0) is 11.3 Å². The highest BCUT2D eigenvalue weighted by Crippen LogP contribution is 2.31. The van der Waals surface area contributed by atoms with E-state index in [2.05, 4.69) is 55.3 Å². The molecular weight excluding hydrogens is 525 g/mol. The molecule has 3 aliphatic rings. The summed E-state index contributed by atoms with van der Waals surface area (Å²) in [5.41, 5.74) is 1.45. The molecule has 3 fully saturated rings. The minimum atomic E-state index is 0. The van der Waals surface area contributed by atoms with Crippen molar-refractivity contribution in [2.75, 3.05) is 66.6 Å². The number of hydrogen-bond acceptors (Lipinski definition) is 4. The Bertz CT molecular complexity index is 710. The van der Waals surface area contributed by atoms with E-state index in [0.717, 1.165) is 63.2 Å². The molecule has 2 unspecified atom stereocenters. The molecule has 0 aliphatic carbocycles. The Morgan fingerprint density at radius 3 is 2.58 bits per heavy atom. The standard InChI is InChI=1S/C26H43N5O.HI/c1-27-26(28-19-22-10-14-29(15-11-22)17-18-32-2)31-16-12-25-24(21-31)9-6-13-30(25)20-23-7-4-3-5-8-23;/h3-5,7-8,22,24-25H,6,9-21H2,1-2H3,(H,27,28);1H. The zero-order valence-corrected chi connectivity index (χ0v) is 23.0. The number of fused-ring (bicyclic) bond motifs is 1. The molecule has 3 saturated heterocycles. The molecule has 1 aromatic rings. The fraction of sp³-hybridized carbons (Fsp3) is 0.731. The van der Waals surface area contributed by atoms with E-state index in [-0.39, 0.29) is 24.0 Å². The van der Waals surface area contributed by atoms with Crippen molar-refractivity contribution in [2.45, 2.75) is 44.7 Å². The third kappa shape index (κ3) is 7.54. The van der Waals surface area contributed by atoms with E-state index < -0.39 is 0 Å². The van der Waals surface area contributed by atoms with Crippen LogP contribution < -0.4 is 5.32 Å². The maximum Gasteiger partial charge on any atom is 0.193 e. The molecule has 6 nitrogen and oxygen atoms in total. The Morgan fingerprint density at radius 2 is 1.85 bits per heavy atom. The van der Waals surface area contributed by atoms with E-state index in [4.69, 9.17) is 4.74 Å². The van der Waals surface area contributed by atoms with Gasteiger partial charge in [-0.15, -0.1) is 24.0 Å². The highest BCUT2D eigenvalue weighted by molar-refractivity contribution is 14.0. The molecular formula is C26H44IN5O. The van der Waals surface area contributed by atoms with Crippen LogP contribution in [0.2, 0.25) is 0 Å². The Hall–Kier alpha value is -0.900. The largest absolute Gasteiger partial charge is 0.383 e. The van der Waals surface area contributed by atoms with Gasteiger partial charge in [0.05, 0.1) is 6.61 Å². The van der Waals surface area contributed by atoms with Crippen molar-refractivity contribution < 1.29 is 4.74 Å². The third-order valence-electron chi connectivity index (χ3n) is 7.79. The SMILES string of the molecule is CN=C(NCC1CCN(CCOC)CC1)N1CCC2C(CCCN2Cc2ccccc2)C1.I. The van der Waals surface area contributed by atoms with Crippen molar-refractivity contribution in [2.24, 2.45) is 16.8 Å². The fourth-order valence-corrected chi connectivity index (χ4v) is 5.92. The maximum atomic E-state index is 5.23. The number of likely N-dealkylation sites (tertiary alicyclic amines) is 3. The predicted octanol–water partition coefficient (Wildman–Crippen LogP) is 3.52. The molecule has 1 aromatic carbocycles. The van der Waals surface area contributed by atoms with Crippen molar-refractivity contribution in [3.8, 4) is 0 Å². The predicted molar refractivity (Wildman–Crippen MR) is 147 cm³/mol. The molecule has 33 heavy (non-hydrogen) atoms. The smallest absolute Gasteiger partial charge is 0.193 e. The van der Waals surface area contributed by atoms with Crippen LogP contribution in [0.1, 0.15) is 37.7 Å². The molecule has 0 amide bonds. The minimum absolute atomic E-state index is 0. The van der Waals surface area contributed by atoms with Crippen molar-refractivity contribution >= 4 is 29.9 Å². The van der Waals surface area contributed by atoms with Crippen molar-refractivity contribution in [1.29, 1.82) is 0 Å². The summed E-state index contributed by atoms with van der Waals surface area (Å²) >= 11 is 0. The summed E-state index contributed by atoms with van der Waals surface area (Å²) in [6.45, 7) is 9.94. The van der Waals surface area contributed by atoms with E-state index >= 15 is 0 Å². The van der Waals surface area contributed by atoms with Gasteiger partial charge < -0.3 is 19.9 Å². The number of aliphatic imine (C=N–C) groups is 1. The lowest BCUT2D eigenvalue weighted by Crippen LogP contribution is -2.57. The van der Waals surface area contributed by atoms with Crippen LogP contribution >= 0.6 is 24.0 Å². The van der Waals surface area contributed by atoms with Gasteiger partial charge in [-0.25, -0.2) is 0 Å². The fourth-order valence-electron chi connectivity index (χ4n) is 5.92. The Kier molecular flexibility index (Phi) is 11.2. The highest BCUT2D eigenvalue weighted by Gasteiger charge is 2.36. The molecule has 0 bridgehead atoms. The first-order chi connectivity index (χ1) is 15.8. The number of guanidine groups is 1. The normalized spacial score (nSPS) is 25.4. The third-order valence-corrected chi connectivity index (χ3v) is 7.79. The average molecular weight is 570 g/mol. The summed E-state index contributed by atoms with van der Waals surface area (Å²) in [7, 11) is 3.74. The van der Waals surface area contributed by atoms with Crippen molar-refractivity contribution in [3.63, 3.8) is 0 Å². The number of benzene rings is 1. The van der Waals surface area contributed by atoms with Gasteiger partial charge in [0.15, 0.2) is 5.96 Å². The highest BCUT2D eigenvalue weighted by atomic mass is 127. The van der Waals surface area contributed by atoms with Crippen LogP contribution in [0.15, 0.2) is 35.3 Å². The maximum absolute atomic E-state index is 5.23. The van der Waals surface area contributed by atoms with Gasteiger partial charge in [-0.05, 0) is 69.1 Å². The first-order valence-corrected chi connectivity index (χ1v) is 12.7. The second-order valence-corrected chi connectivity index (χ2v) is 9.87. The quantitative estimate of drug-likeness (QED) is 0.310. The molecule has 3 heterocycles. The van der Waals surface area contributed by atoms with Crippen LogP contribution in [0.3, 0.4) is 0 Å². The number of piperidine rings is 3. The molecule has 4 rings (SSSR count). The lowest BCUT2D eigenvalue weighted by Gasteiger charge is -2.48. The monoisotopic (exact) mass is 569 g/mol. The first kappa shape index (κ1) is 26.7. The van der Waals surface area contributed by atoms with Crippen LogP contribution in [0, 0.1) is 11.8 Å². The van der Waals surface area contributed by atoms with Crippen molar-refractivity contribution in [3.05, 3.63) is 35.9 Å². The van der Waals surface area contributed by atoms with Gasteiger partial charge in [0.1, 0.15) is 0 Å². The van der Waals surface area contributed by atoms with Gasteiger partial charge in [0, 0.05) is 52.9 Å². The summed E-state index contributed by atoms with van der Waals surface area (Å²) < 4.78 is 5.23. The molecule has 0 aromatic heterocycles. The van der Waals surface area contributed by atoms with Crippen LogP contribution in [0.5, 0.6) is 0 Å². The van der Waals surface area contributed by atoms with E-state index in [9.17, 15) is 0 Å². The van der Waals surface area contributed by atoms with Gasteiger partial charge >= 0.3 is 0 Å². The second kappa shape index (κ2) is 13.9. The number of hydrogen-bond donors (Lipinski definition) is 1. The summed E-state index contributed by atoms with van der Waals surface area (Å²) in [6, 6.07) is 11.7. The lowest BCUT2D eigenvalue weighted by molar-refractivity contribution is 0.0371. The van der Waals surface area contributed by atoms with E-state index in [0.29, 0.717) is 0 Å². The number of nitrogens with one attached hydrogen (secondary N) is 1. The molecule has 0 radical (unpaired) electrons. The average Bonchev–Trinajstić information content (AvgIpc) is 2.84. The van der Waals surface area contributed by atoms with Gasteiger partial charge in [-0.3, -0.25) is 9.89 Å². The number of nitrogens with zero attached hydrogens (tertiary/aromatic N) is 4. The molecule has 0 saturated carbocycles. The minimum Gasteiger partial charge on any atom is -0.383 e. The molecule has 2 atom stereocenters. The molecule has 1 N–H and O–H groups in total. The number of halogens is 1. The van der Waals surface area contributed by atoms with Gasteiger partial charge in [-0.2, -0.15) is 0 Å². The van der Waals surface area contributed by atoms with Crippen LogP contribution in [0.25, 0.3) is 0 Å². The first-order valence-electron chi connectivity index (χ1n) is 12.7. The molecule has 186 valence electrons. The van der Waals surface area contributed by atoms with Crippen LogP contribution in [-0.4, -0.2) is 93.3 Å². The lowest BCUT2D eigenvalue weighted by atomic mass is 9.83. The zero-order valence-electron chi connectivity index (χ0n) is 20.6. The Labute approximate surface area is 218 Å². The van der Waals surface area contributed by atoms with E-state index in [1.54, 1.807) is 7.11 Å². The molecule has 7 heteroatoms. The van der Waals surface area contributed by atoms with Gasteiger partial charge in [-0.1, -0.05) is 30.3 Å². The number of methoxy groups -OCH3 is 1. The molecule has 0 spiro atoms. The number of rotatable bonds is 7. The summed E-state index contributed by atoms with van der Waals surface area (Å²) in [6.07, 6.45) is 6.45. The van der Waals surface area contributed by atoms with Gasteiger partial charge in [0.25, 0.3) is 0 Å². The summed E-state index contributed by atoms with van der Waals surface area (Å²) in [5.74, 6) is 2.62. The summed E-state index contributed by atoms with van der Waals surface area (Å²) in [4.78, 5) is 12.5. The Balaban J connectivity index is 0.00000306. The molecule has 3 aliphatic heterocycles. The second-order valence-electron chi connectivity index (χ2n) is 9.87. The van der Waals surface area contributed by atoms with E-state index in [1.165, 1.54) is 57.3 Å². The Morgan fingerprint density at radius 1 is 1.06 bits per heavy atom. The van der Waals surface area contributed by atoms with Crippen molar-refractivity contribution in [1.82, 2.24) is 20.0 Å².